The second-order valence-corrected chi connectivity index (χ2v) is 4.57. The molecule has 1 heterocycles. The highest BCUT2D eigenvalue weighted by atomic mass is 32.2. The van der Waals surface area contributed by atoms with E-state index in [1.165, 1.54) is 0 Å². The number of benzene rings is 2. The van der Waals surface area contributed by atoms with Gasteiger partial charge in [-0.25, -0.2) is 0 Å². The van der Waals surface area contributed by atoms with E-state index in [1.807, 2.05) is 54.8 Å². The number of hydrogen-bond donors (Lipinski definition) is 0. The molecule has 3 rings (SSSR count). The van der Waals surface area contributed by atoms with Gasteiger partial charge in [-0.05, 0) is 36.2 Å². The van der Waals surface area contributed by atoms with Crippen LogP contribution in [0.4, 0.5) is 0 Å². The van der Waals surface area contributed by atoms with Gasteiger partial charge in [0, 0.05) is 17.0 Å². The molecule has 17 heavy (non-hydrogen) atoms. The highest BCUT2D eigenvalue weighted by Crippen LogP contribution is 2.22. The normalized spacial score (nSPS) is 11.1. The molecule has 0 unspecified atom stereocenters. The molecule has 0 fully saturated rings. The molecule has 0 radical (unpaired) electrons. The summed E-state index contributed by atoms with van der Waals surface area (Å²) in [6.45, 7) is 0. The zero-order valence-corrected chi connectivity index (χ0v) is 10.2. The number of fused-ring (bicyclic) bond motifs is 2. The molecule has 0 aliphatic carbocycles. The van der Waals surface area contributed by atoms with Gasteiger partial charge in [0.1, 0.15) is 0 Å². The first-order valence-corrected chi connectivity index (χ1v) is 6.58. The Bertz CT molecular complexity index is 701. The van der Waals surface area contributed by atoms with Crippen molar-refractivity contribution in [1.29, 1.82) is 0 Å². The van der Waals surface area contributed by atoms with E-state index in [1.54, 1.807) is 11.9 Å². The maximum absolute atomic E-state index is 12.3. The van der Waals surface area contributed by atoms with Crippen LogP contribution in [0, 0.1) is 0 Å². The van der Waals surface area contributed by atoms with Crippen molar-refractivity contribution in [1.82, 2.24) is 3.97 Å². The lowest BCUT2D eigenvalue weighted by Crippen LogP contribution is -2.07. The first-order chi connectivity index (χ1) is 8.33. The van der Waals surface area contributed by atoms with Crippen LogP contribution in [0.3, 0.4) is 0 Å². The van der Waals surface area contributed by atoms with E-state index in [9.17, 15) is 4.79 Å². The molecule has 84 valence electrons. The summed E-state index contributed by atoms with van der Waals surface area (Å²) in [6, 6.07) is 15.5. The minimum atomic E-state index is 0.113. The van der Waals surface area contributed by atoms with E-state index in [0.29, 0.717) is 0 Å². The van der Waals surface area contributed by atoms with Crippen molar-refractivity contribution in [3.63, 3.8) is 0 Å². The molecule has 2 nitrogen and oxygen atoms in total. The van der Waals surface area contributed by atoms with Crippen molar-refractivity contribution in [2.24, 2.45) is 0 Å². The van der Waals surface area contributed by atoms with Crippen molar-refractivity contribution in [2.45, 2.75) is 0 Å². The molecule has 0 bridgehead atoms. The van der Waals surface area contributed by atoms with Crippen molar-refractivity contribution in [3.05, 3.63) is 58.8 Å². The van der Waals surface area contributed by atoms with Crippen LogP contribution < -0.4 is 5.43 Å². The van der Waals surface area contributed by atoms with E-state index < -0.39 is 0 Å². The predicted molar refractivity (Wildman–Crippen MR) is 74.6 cm³/mol. The van der Waals surface area contributed by atoms with Crippen LogP contribution in [-0.2, 0) is 0 Å². The third-order valence-corrected chi connectivity index (χ3v) is 3.68. The van der Waals surface area contributed by atoms with E-state index >= 15 is 0 Å². The van der Waals surface area contributed by atoms with Crippen LogP contribution in [0.15, 0.2) is 53.3 Å². The van der Waals surface area contributed by atoms with Crippen LogP contribution in [0.5, 0.6) is 0 Å². The molecule has 0 spiro atoms. The fourth-order valence-electron chi connectivity index (χ4n) is 2.16. The summed E-state index contributed by atoms with van der Waals surface area (Å²) >= 11 is 1.61. The lowest BCUT2D eigenvalue weighted by atomic mass is 10.1. The number of hydrogen-bond acceptors (Lipinski definition) is 2. The number of nitrogens with zero attached hydrogens (tertiary/aromatic N) is 1. The largest absolute Gasteiger partial charge is 0.288 e. The lowest BCUT2D eigenvalue weighted by molar-refractivity contribution is 1.38. The Hall–Kier alpha value is -1.74. The molecule has 0 amide bonds. The molecule has 1 aromatic heterocycles. The first-order valence-electron chi connectivity index (χ1n) is 5.40. The number of rotatable bonds is 1. The van der Waals surface area contributed by atoms with Crippen LogP contribution in [0.25, 0.3) is 21.8 Å². The first kappa shape index (κ1) is 10.4. The fourth-order valence-corrected chi connectivity index (χ4v) is 2.87. The summed E-state index contributed by atoms with van der Waals surface area (Å²) in [4.78, 5) is 12.3. The van der Waals surface area contributed by atoms with Crippen LogP contribution >= 0.6 is 11.9 Å². The van der Waals surface area contributed by atoms with Crippen LogP contribution in [0.1, 0.15) is 0 Å². The summed E-state index contributed by atoms with van der Waals surface area (Å²) in [5, 5.41) is 1.56. The third-order valence-electron chi connectivity index (χ3n) is 2.92. The average molecular weight is 241 g/mol. The van der Waals surface area contributed by atoms with Gasteiger partial charge in [0.25, 0.3) is 0 Å². The quantitative estimate of drug-likeness (QED) is 0.610. The van der Waals surface area contributed by atoms with E-state index in [-0.39, 0.29) is 5.43 Å². The number of aromatic nitrogens is 1. The Morgan fingerprint density at radius 3 is 1.82 bits per heavy atom. The Balaban J connectivity index is 2.68. The summed E-state index contributed by atoms with van der Waals surface area (Å²) in [7, 11) is 0. The molecule has 2 aromatic carbocycles. The van der Waals surface area contributed by atoms with Crippen molar-refractivity contribution in [2.75, 3.05) is 6.26 Å². The SMILES string of the molecule is CSn1c2ccccc2c(=O)c2ccccc21. The monoisotopic (exact) mass is 241 g/mol. The molecule has 0 saturated heterocycles. The topological polar surface area (TPSA) is 22.0 Å². The summed E-state index contributed by atoms with van der Waals surface area (Å²) in [6.07, 6.45) is 2.02. The Morgan fingerprint density at radius 1 is 0.882 bits per heavy atom. The number of para-hydroxylation sites is 2. The summed E-state index contributed by atoms with van der Waals surface area (Å²) in [5.74, 6) is 0. The minimum Gasteiger partial charge on any atom is -0.288 e. The van der Waals surface area contributed by atoms with Crippen LogP contribution in [-0.4, -0.2) is 10.2 Å². The predicted octanol–water partition coefficient (Wildman–Crippen LogP) is 3.28. The smallest absolute Gasteiger partial charge is 0.197 e. The van der Waals surface area contributed by atoms with Gasteiger partial charge in [-0.1, -0.05) is 24.3 Å². The zero-order valence-electron chi connectivity index (χ0n) is 9.38. The molecule has 0 aliphatic rings. The van der Waals surface area contributed by atoms with Gasteiger partial charge in [-0.2, -0.15) is 0 Å². The molecular formula is C14H11NOS. The molecular weight excluding hydrogens is 230 g/mol. The van der Waals surface area contributed by atoms with Gasteiger partial charge < -0.3 is 0 Å². The third kappa shape index (κ3) is 1.46. The number of pyridine rings is 1. The van der Waals surface area contributed by atoms with E-state index in [2.05, 4.69) is 3.97 Å². The Labute approximate surface area is 103 Å². The van der Waals surface area contributed by atoms with Gasteiger partial charge in [-0.15, -0.1) is 0 Å². The second-order valence-electron chi connectivity index (χ2n) is 3.84. The maximum Gasteiger partial charge on any atom is 0.197 e. The van der Waals surface area contributed by atoms with Gasteiger partial charge in [0.05, 0.1) is 11.0 Å². The molecule has 0 N–H and O–H groups in total. The van der Waals surface area contributed by atoms with Crippen LogP contribution in [0.2, 0.25) is 0 Å². The molecule has 3 heteroatoms. The summed E-state index contributed by atoms with van der Waals surface area (Å²) in [5.41, 5.74) is 2.06. The van der Waals surface area contributed by atoms with Crippen molar-refractivity contribution >= 4 is 33.8 Å². The van der Waals surface area contributed by atoms with E-state index in [4.69, 9.17) is 0 Å². The lowest BCUT2D eigenvalue weighted by Gasteiger charge is -2.11. The molecule has 0 aliphatic heterocycles. The maximum atomic E-state index is 12.3. The van der Waals surface area contributed by atoms with Gasteiger partial charge in [-0.3, -0.25) is 8.77 Å². The minimum absolute atomic E-state index is 0.113. The standard InChI is InChI=1S/C14H11NOS/c1-17-15-12-8-4-2-6-10(12)14(16)11-7-3-5-9-13(11)15/h2-9H,1H3. The molecule has 3 aromatic rings. The van der Waals surface area contributed by atoms with E-state index in [0.717, 1.165) is 21.8 Å². The van der Waals surface area contributed by atoms with Gasteiger partial charge in [0.15, 0.2) is 5.43 Å². The highest BCUT2D eigenvalue weighted by molar-refractivity contribution is 7.97. The fraction of sp³-hybridized carbons (Fsp3) is 0.0714. The average Bonchev–Trinajstić information content (AvgIpc) is 2.40. The van der Waals surface area contributed by atoms with Gasteiger partial charge in [0.2, 0.25) is 0 Å². The Morgan fingerprint density at radius 2 is 1.35 bits per heavy atom. The summed E-state index contributed by atoms with van der Waals surface area (Å²) < 4.78 is 2.10. The van der Waals surface area contributed by atoms with Gasteiger partial charge >= 0.3 is 0 Å². The van der Waals surface area contributed by atoms with Crippen molar-refractivity contribution in [3.8, 4) is 0 Å². The Kier molecular flexibility index (Phi) is 2.41. The molecule has 0 atom stereocenters. The zero-order chi connectivity index (χ0) is 11.8. The van der Waals surface area contributed by atoms with Crippen molar-refractivity contribution < 1.29 is 0 Å². The second kappa shape index (κ2) is 3.93. The molecule has 0 saturated carbocycles. The highest BCUT2D eigenvalue weighted by Gasteiger charge is 2.08.